The minimum atomic E-state index is -1.18. The van der Waals surface area contributed by atoms with E-state index in [1.165, 1.54) is 6.08 Å². The quantitative estimate of drug-likeness (QED) is 0.428. The van der Waals surface area contributed by atoms with Gasteiger partial charge in [-0.1, -0.05) is 25.5 Å². The summed E-state index contributed by atoms with van der Waals surface area (Å²) in [7, 11) is 0. The summed E-state index contributed by atoms with van der Waals surface area (Å²) in [6.45, 7) is 2.49. The molecular formula is C16H16N4O3. The lowest BCUT2D eigenvalue weighted by Gasteiger charge is -2.03. The molecule has 0 aliphatic heterocycles. The topological polar surface area (TPSA) is 119 Å². The highest BCUT2D eigenvalue weighted by Gasteiger charge is 2.16. The number of carbonyl (C=O) groups excluding carboxylic acids is 1. The third-order valence-electron chi connectivity index (χ3n) is 3.31. The first-order valence-electron chi connectivity index (χ1n) is 7.18. The maximum atomic E-state index is 12.0. The predicted molar refractivity (Wildman–Crippen MR) is 84.6 cm³/mol. The summed E-state index contributed by atoms with van der Waals surface area (Å²) in [4.78, 5) is 23.2. The van der Waals surface area contributed by atoms with Crippen molar-refractivity contribution in [2.45, 2.75) is 19.8 Å². The molecule has 3 N–H and O–H groups in total. The lowest BCUT2D eigenvalue weighted by Crippen LogP contribution is -2.25. The minimum Gasteiger partial charge on any atom is -0.476 e. The number of hydrogen-bond acceptors (Lipinski definition) is 4. The van der Waals surface area contributed by atoms with Gasteiger partial charge in [0.15, 0.2) is 5.69 Å². The summed E-state index contributed by atoms with van der Waals surface area (Å²) < 4.78 is 0. The highest BCUT2D eigenvalue weighted by molar-refractivity contribution is 6.08. The van der Waals surface area contributed by atoms with Gasteiger partial charge < -0.3 is 10.4 Å². The Balaban J connectivity index is 2.42. The molecule has 7 nitrogen and oxygen atoms in total. The molecule has 0 bridgehead atoms. The second-order valence-corrected chi connectivity index (χ2v) is 4.93. The van der Waals surface area contributed by atoms with E-state index in [1.807, 2.05) is 13.0 Å². The van der Waals surface area contributed by atoms with Crippen LogP contribution in [0.2, 0.25) is 0 Å². The number of carboxylic acid groups (broad SMARTS) is 1. The van der Waals surface area contributed by atoms with E-state index < -0.39 is 11.9 Å². The van der Waals surface area contributed by atoms with Gasteiger partial charge in [0.25, 0.3) is 5.91 Å². The van der Waals surface area contributed by atoms with Crippen molar-refractivity contribution in [1.82, 2.24) is 15.5 Å². The van der Waals surface area contributed by atoms with Crippen molar-refractivity contribution in [1.29, 1.82) is 5.26 Å². The standard InChI is InChI=1S/C16H16N4O3/c1-2-3-7-18-15(21)11(9-17)8-10-5-4-6-12-13(10)14(16(22)23)20-19-12/h4-6,8H,2-3,7H2,1H3,(H,18,21)(H,19,20)(H,22,23)/b11-8+. The van der Waals surface area contributed by atoms with Gasteiger partial charge >= 0.3 is 5.97 Å². The van der Waals surface area contributed by atoms with Gasteiger partial charge in [-0.3, -0.25) is 9.89 Å². The summed E-state index contributed by atoms with van der Waals surface area (Å²) in [6, 6.07) is 6.87. The molecule has 0 atom stereocenters. The van der Waals surface area contributed by atoms with E-state index >= 15 is 0 Å². The van der Waals surface area contributed by atoms with Gasteiger partial charge in [0.05, 0.1) is 5.52 Å². The Morgan fingerprint density at radius 3 is 2.91 bits per heavy atom. The van der Waals surface area contributed by atoms with Gasteiger partial charge in [-0.05, 0) is 24.1 Å². The number of carboxylic acids is 1. The van der Waals surface area contributed by atoms with Gasteiger partial charge in [-0.2, -0.15) is 10.4 Å². The number of aromatic amines is 1. The second-order valence-electron chi connectivity index (χ2n) is 4.93. The summed E-state index contributed by atoms with van der Waals surface area (Å²) in [6.07, 6.45) is 3.14. The van der Waals surface area contributed by atoms with E-state index in [4.69, 9.17) is 0 Å². The normalized spacial score (nSPS) is 11.2. The van der Waals surface area contributed by atoms with Gasteiger partial charge in [0.2, 0.25) is 0 Å². The molecule has 0 saturated heterocycles. The molecule has 1 amide bonds. The van der Waals surface area contributed by atoms with Gasteiger partial charge in [0, 0.05) is 11.9 Å². The fourth-order valence-electron chi connectivity index (χ4n) is 2.15. The van der Waals surface area contributed by atoms with Crippen molar-refractivity contribution < 1.29 is 14.7 Å². The number of hydrogen-bond donors (Lipinski definition) is 3. The molecule has 0 saturated carbocycles. The van der Waals surface area contributed by atoms with E-state index in [0.29, 0.717) is 23.0 Å². The van der Waals surface area contributed by atoms with Crippen LogP contribution >= 0.6 is 0 Å². The van der Waals surface area contributed by atoms with Gasteiger partial charge in [-0.15, -0.1) is 0 Å². The molecule has 0 radical (unpaired) electrons. The van der Waals surface area contributed by atoms with Crippen molar-refractivity contribution in [3.63, 3.8) is 0 Å². The monoisotopic (exact) mass is 312 g/mol. The van der Waals surface area contributed by atoms with Gasteiger partial charge in [-0.25, -0.2) is 4.79 Å². The van der Waals surface area contributed by atoms with Crippen molar-refractivity contribution >= 4 is 28.9 Å². The molecule has 1 aromatic heterocycles. The Morgan fingerprint density at radius 2 is 2.26 bits per heavy atom. The number of H-pyrrole nitrogens is 1. The second kappa shape index (κ2) is 7.22. The number of carbonyl (C=O) groups is 2. The average molecular weight is 312 g/mol. The third-order valence-corrected chi connectivity index (χ3v) is 3.31. The zero-order valence-corrected chi connectivity index (χ0v) is 12.6. The molecule has 7 heteroatoms. The molecule has 0 aliphatic rings. The lowest BCUT2D eigenvalue weighted by molar-refractivity contribution is -0.117. The number of unbranched alkanes of at least 4 members (excludes halogenated alkanes) is 1. The average Bonchev–Trinajstić information content (AvgIpc) is 2.97. The number of fused-ring (bicyclic) bond motifs is 1. The van der Waals surface area contributed by atoms with E-state index in [-0.39, 0.29) is 11.3 Å². The summed E-state index contributed by atoms with van der Waals surface area (Å²) in [5, 5.41) is 27.8. The fourth-order valence-corrected chi connectivity index (χ4v) is 2.15. The highest BCUT2D eigenvalue weighted by atomic mass is 16.4. The number of nitrogens with one attached hydrogen (secondary N) is 2. The smallest absolute Gasteiger partial charge is 0.357 e. The molecule has 2 aromatic rings. The number of amides is 1. The van der Waals surface area contributed by atoms with Crippen LogP contribution in [-0.2, 0) is 4.79 Å². The van der Waals surface area contributed by atoms with Crippen LogP contribution in [-0.4, -0.2) is 33.7 Å². The Kier molecular flexibility index (Phi) is 5.10. The van der Waals surface area contributed by atoms with Crippen LogP contribution in [0.1, 0.15) is 35.8 Å². The van der Waals surface area contributed by atoms with Crippen LogP contribution in [0.5, 0.6) is 0 Å². The molecule has 0 aliphatic carbocycles. The van der Waals surface area contributed by atoms with Crippen LogP contribution < -0.4 is 5.32 Å². The largest absolute Gasteiger partial charge is 0.476 e. The molecule has 1 heterocycles. The first-order chi connectivity index (χ1) is 11.1. The van der Waals surface area contributed by atoms with Crippen LogP contribution in [0, 0.1) is 11.3 Å². The summed E-state index contributed by atoms with van der Waals surface area (Å²) in [5.74, 6) is -1.65. The fraction of sp³-hybridized carbons (Fsp3) is 0.250. The third kappa shape index (κ3) is 3.55. The number of nitrogens with zero attached hydrogens (tertiary/aromatic N) is 2. The van der Waals surface area contributed by atoms with Crippen LogP contribution in [0.25, 0.3) is 17.0 Å². The van der Waals surface area contributed by atoms with Crippen molar-refractivity contribution in [3.8, 4) is 6.07 Å². The van der Waals surface area contributed by atoms with E-state index in [1.54, 1.807) is 18.2 Å². The van der Waals surface area contributed by atoms with Gasteiger partial charge in [0.1, 0.15) is 11.6 Å². The molecular weight excluding hydrogens is 296 g/mol. The van der Waals surface area contributed by atoms with E-state index in [0.717, 1.165) is 12.8 Å². The van der Waals surface area contributed by atoms with E-state index in [2.05, 4.69) is 15.5 Å². The van der Waals surface area contributed by atoms with Crippen LogP contribution in [0.4, 0.5) is 0 Å². The number of nitriles is 1. The maximum absolute atomic E-state index is 12.0. The number of aromatic carboxylic acids is 1. The predicted octanol–water partition coefficient (Wildman–Crippen LogP) is 2.08. The summed E-state index contributed by atoms with van der Waals surface area (Å²) in [5.41, 5.74) is 0.761. The van der Waals surface area contributed by atoms with E-state index in [9.17, 15) is 20.0 Å². The number of benzene rings is 1. The minimum absolute atomic E-state index is 0.0776. The maximum Gasteiger partial charge on any atom is 0.357 e. The summed E-state index contributed by atoms with van der Waals surface area (Å²) >= 11 is 0. The van der Waals surface area contributed by atoms with Crippen molar-refractivity contribution in [2.24, 2.45) is 0 Å². The Morgan fingerprint density at radius 1 is 1.48 bits per heavy atom. The van der Waals surface area contributed by atoms with Crippen LogP contribution in [0.15, 0.2) is 23.8 Å². The molecule has 0 fully saturated rings. The molecule has 118 valence electrons. The van der Waals surface area contributed by atoms with Crippen molar-refractivity contribution in [3.05, 3.63) is 35.0 Å². The Bertz CT molecular complexity index is 814. The van der Waals surface area contributed by atoms with Crippen molar-refractivity contribution in [2.75, 3.05) is 6.54 Å². The van der Waals surface area contributed by atoms with Crippen LogP contribution in [0.3, 0.4) is 0 Å². The zero-order chi connectivity index (χ0) is 16.8. The molecule has 23 heavy (non-hydrogen) atoms. The Hall–Kier alpha value is -3.14. The first kappa shape index (κ1) is 16.2. The Labute approximate surface area is 132 Å². The molecule has 0 unspecified atom stereocenters. The highest BCUT2D eigenvalue weighted by Crippen LogP contribution is 2.23. The molecule has 2 rings (SSSR count). The molecule has 0 spiro atoms. The zero-order valence-electron chi connectivity index (χ0n) is 12.6. The molecule has 1 aromatic carbocycles. The number of aromatic nitrogens is 2. The first-order valence-corrected chi connectivity index (χ1v) is 7.18. The number of rotatable bonds is 6. The SMILES string of the molecule is CCCCNC(=O)/C(C#N)=C/c1cccc2[nH]nc(C(=O)O)c12. The lowest BCUT2D eigenvalue weighted by atomic mass is 10.0.